The van der Waals surface area contributed by atoms with Crippen molar-refractivity contribution in [2.24, 2.45) is 0 Å². The van der Waals surface area contributed by atoms with Crippen LogP contribution in [0.5, 0.6) is 5.75 Å². The summed E-state index contributed by atoms with van der Waals surface area (Å²) in [5.41, 5.74) is 5.87. The lowest BCUT2D eigenvalue weighted by atomic mass is 10.0. The molecule has 0 atom stereocenters. The van der Waals surface area contributed by atoms with Gasteiger partial charge in [0.2, 0.25) is 5.89 Å². The molecule has 5 nitrogen and oxygen atoms in total. The fourth-order valence-electron chi connectivity index (χ4n) is 3.45. The molecule has 0 bridgehead atoms. The summed E-state index contributed by atoms with van der Waals surface area (Å²) in [5, 5.41) is 2.95. The average molecular weight is 415 g/mol. The summed E-state index contributed by atoms with van der Waals surface area (Å²) >= 11 is 0. The molecule has 0 radical (unpaired) electrons. The predicted molar refractivity (Wildman–Crippen MR) is 124 cm³/mol. The lowest BCUT2D eigenvalue weighted by molar-refractivity contribution is 0.102. The van der Waals surface area contributed by atoms with Gasteiger partial charge < -0.3 is 14.5 Å². The second-order valence-electron chi connectivity index (χ2n) is 7.82. The molecule has 3 aromatic carbocycles. The maximum Gasteiger partial charge on any atom is 0.255 e. The van der Waals surface area contributed by atoms with Crippen LogP contribution in [0.3, 0.4) is 0 Å². The van der Waals surface area contributed by atoms with Crippen LogP contribution in [0, 0.1) is 0 Å². The molecule has 0 spiro atoms. The minimum Gasteiger partial charge on any atom is -0.495 e. The number of aryl methyl sites for hydroxylation is 1. The molecular formula is C26H26N2O3. The number of methoxy groups -OCH3 is 1. The maximum atomic E-state index is 12.8. The molecule has 0 aliphatic rings. The van der Waals surface area contributed by atoms with Crippen molar-refractivity contribution in [3.05, 3.63) is 77.4 Å². The molecule has 4 aromatic rings. The Morgan fingerprint density at radius 2 is 1.84 bits per heavy atom. The van der Waals surface area contributed by atoms with Gasteiger partial charge in [-0.3, -0.25) is 4.79 Å². The second-order valence-corrected chi connectivity index (χ2v) is 7.82. The summed E-state index contributed by atoms with van der Waals surface area (Å²) in [5.74, 6) is 1.29. The summed E-state index contributed by atoms with van der Waals surface area (Å²) in [6.45, 7) is 6.38. The minimum absolute atomic E-state index is 0.197. The van der Waals surface area contributed by atoms with Gasteiger partial charge in [-0.1, -0.05) is 39.0 Å². The number of oxazole rings is 1. The van der Waals surface area contributed by atoms with Crippen LogP contribution in [0.15, 0.2) is 65.1 Å². The number of fused-ring (bicyclic) bond motifs is 1. The number of amides is 1. The number of hydrogen-bond donors (Lipinski definition) is 1. The lowest BCUT2D eigenvalue weighted by Crippen LogP contribution is -2.12. The lowest BCUT2D eigenvalue weighted by Gasteiger charge is -2.11. The largest absolute Gasteiger partial charge is 0.495 e. The highest BCUT2D eigenvalue weighted by atomic mass is 16.5. The third kappa shape index (κ3) is 4.31. The zero-order chi connectivity index (χ0) is 22.0. The summed E-state index contributed by atoms with van der Waals surface area (Å²) in [6, 6.07) is 19.2. The quantitative estimate of drug-likeness (QED) is 0.394. The first-order valence-electron chi connectivity index (χ1n) is 10.5. The molecule has 5 heteroatoms. The van der Waals surface area contributed by atoms with Gasteiger partial charge in [0.25, 0.3) is 5.91 Å². The van der Waals surface area contributed by atoms with Crippen LogP contribution < -0.4 is 10.1 Å². The van der Waals surface area contributed by atoms with Gasteiger partial charge in [0.1, 0.15) is 11.3 Å². The molecule has 158 valence electrons. The van der Waals surface area contributed by atoms with Gasteiger partial charge in [0.05, 0.1) is 12.8 Å². The van der Waals surface area contributed by atoms with Gasteiger partial charge in [-0.2, -0.15) is 0 Å². The number of carbonyl (C=O) groups is 1. The van der Waals surface area contributed by atoms with E-state index in [4.69, 9.17) is 9.15 Å². The Labute approximate surface area is 182 Å². The number of hydrogen-bond acceptors (Lipinski definition) is 4. The fraction of sp³-hybridized carbons (Fsp3) is 0.231. The molecule has 1 heterocycles. The van der Waals surface area contributed by atoms with Gasteiger partial charge in [0, 0.05) is 11.1 Å². The van der Waals surface area contributed by atoms with Crippen molar-refractivity contribution in [3.63, 3.8) is 0 Å². The van der Waals surface area contributed by atoms with Crippen molar-refractivity contribution >= 4 is 22.7 Å². The van der Waals surface area contributed by atoms with Gasteiger partial charge >= 0.3 is 0 Å². The van der Waals surface area contributed by atoms with Crippen molar-refractivity contribution < 1.29 is 13.9 Å². The number of nitrogens with one attached hydrogen (secondary N) is 1. The monoisotopic (exact) mass is 414 g/mol. The minimum atomic E-state index is -0.197. The summed E-state index contributed by atoms with van der Waals surface area (Å²) in [6.07, 6.45) is 0.931. The number of anilines is 1. The molecule has 0 fully saturated rings. The van der Waals surface area contributed by atoms with Crippen molar-refractivity contribution in [2.75, 3.05) is 12.4 Å². The normalized spacial score (nSPS) is 11.1. The van der Waals surface area contributed by atoms with Crippen LogP contribution in [0.2, 0.25) is 0 Å². The predicted octanol–water partition coefficient (Wildman–Crippen LogP) is 6.44. The highest BCUT2D eigenvalue weighted by molar-refractivity contribution is 6.05. The van der Waals surface area contributed by atoms with E-state index in [1.165, 1.54) is 11.1 Å². The van der Waals surface area contributed by atoms with Gasteiger partial charge in [-0.15, -0.1) is 0 Å². The van der Waals surface area contributed by atoms with Crippen molar-refractivity contribution in [1.82, 2.24) is 4.98 Å². The molecule has 0 saturated carbocycles. The molecule has 0 aliphatic heterocycles. The molecule has 1 N–H and O–H groups in total. The van der Waals surface area contributed by atoms with E-state index < -0.39 is 0 Å². The Balaban J connectivity index is 1.65. The highest BCUT2D eigenvalue weighted by Gasteiger charge is 2.15. The third-order valence-electron chi connectivity index (χ3n) is 5.40. The summed E-state index contributed by atoms with van der Waals surface area (Å²) < 4.78 is 11.4. The van der Waals surface area contributed by atoms with E-state index in [1.807, 2.05) is 42.5 Å². The maximum absolute atomic E-state index is 12.8. The standard InChI is InChI=1S/C26H26N2O3/c1-5-17-6-8-18(9-7-17)25(29)27-21-15-20(11-12-23(21)30-4)26-28-22-14-19(16(2)3)10-13-24(22)31-26/h6-16H,5H2,1-4H3,(H,27,29). The number of rotatable bonds is 6. The van der Waals surface area contributed by atoms with Crippen LogP contribution in [0.25, 0.3) is 22.6 Å². The van der Waals surface area contributed by atoms with Crippen molar-refractivity contribution in [3.8, 4) is 17.2 Å². The number of ether oxygens (including phenoxy) is 1. The van der Waals surface area contributed by atoms with Crippen molar-refractivity contribution in [2.45, 2.75) is 33.1 Å². The first kappa shape index (κ1) is 20.7. The Kier molecular flexibility index (Phi) is 5.76. The zero-order valence-electron chi connectivity index (χ0n) is 18.2. The van der Waals surface area contributed by atoms with Crippen LogP contribution in [0.4, 0.5) is 5.69 Å². The fourth-order valence-corrected chi connectivity index (χ4v) is 3.45. The number of carbonyl (C=O) groups excluding carboxylic acids is 1. The first-order chi connectivity index (χ1) is 15.0. The Hall–Kier alpha value is -3.60. The molecule has 0 saturated heterocycles. The van der Waals surface area contributed by atoms with Gasteiger partial charge in [0.15, 0.2) is 5.58 Å². The molecule has 31 heavy (non-hydrogen) atoms. The number of benzene rings is 3. The number of aromatic nitrogens is 1. The Morgan fingerprint density at radius 1 is 1.06 bits per heavy atom. The second kappa shape index (κ2) is 8.64. The molecule has 0 aliphatic carbocycles. The number of nitrogens with zero attached hydrogens (tertiary/aromatic N) is 1. The van der Waals surface area contributed by atoms with Crippen LogP contribution in [-0.2, 0) is 6.42 Å². The zero-order valence-corrected chi connectivity index (χ0v) is 18.2. The first-order valence-corrected chi connectivity index (χ1v) is 10.5. The van der Waals surface area contributed by atoms with Crippen molar-refractivity contribution in [1.29, 1.82) is 0 Å². The topological polar surface area (TPSA) is 64.4 Å². The van der Waals surface area contributed by atoms with Gasteiger partial charge in [-0.05, 0) is 65.9 Å². The van der Waals surface area contributed by atoms with Crippen LogP contribution in [0.1, 0.15) is 48.2 Å². The molecule has 0 unspecified atom stereocenters. The molecule has 4 rings (SSSR count). The summed E-state index contributed by atoms with van der Waals surface area (Å²) in [4.78, 5) is 17.4. The smallest absolute Gasteiger partial charge is 0.255 e. The third-order valence-corrected chi connectivity index (χ3v) is 5.40. The van der Waals surface area contributed by atoms with E-state index in [2.05, 4.69) is 43.2 Å². The van der Waals surface area contributed by atoms with Crippen LogP contribution >= 0.6 is 0 Å². The SMILES string of the molecule is CCc1ccc(C(=O)Nc2cc(-c3nc4cc(C(C)C)ccc4o3)ccc2OC)cc1. The summed E-state index contributed by atoms with van der Waals surface area (Å²) in [7, 11) is 1.58. The van der Waals surface area contributed by atoms with E-state index in [0.717, 1.165) is 23.1 Å². The van der Waals surface area contributed by atoms with E-state index in [0.29, 0.717) is 28.8 Å². The molecule has 1 amide bonds. The van der Waals surface area contributed by atoms with E-state index >= 15 is 0 Å². The van der Waals surface area contributed by atoms with E-state index in [1.54, 1.807) is 13.2 Å². The Bertz CT molecular complexity index is 1220. The van der Waals surface area contributed by atoms with E-state index in [-0.39, 0.29) is 5.91 Å². The average Bonchev–Trinajstić information content (AvgIpc) is 3.22. The molecule has 1 aromatic heterocycles. The van der Waals surface area contributed by atoms with E-state index in [9.17, 15) is 4.79 Å². The van der Waals surface area contributed by atoms with Crippen LogP contribution in [-0.4, -0.2) is 18.0 Å². The Morgan fingerprint density at radius 3 is 2.52 bits per heavy atom. The molecular weight excluding hydrogens is 388 g/mol. The van der Waals surface area contributed by atoms with Gasteiger partial charge in [-0.25, -0.2) is 4.98 Å². The highest BCUT2D eigenvalue weighted by Crippen LogP contribution is 2.33.